The molecule has 2 rings (SSSR count). The van der Waals surface area contributed by atoms with Crippen molar-refractivity contribution >= 4 is 27.5 Å². The number of hydrogen-bond acceptors (Lipinski definition) is 2. The van der Waals surface area contributed by atoms with Gasteiger partial charge in [0.2, 0.25) is 0 Å². The van der Waals surface area contributed by atoms with Gasteiger partial charge in [0, 0.05) is 5.02 Å². The van der Waals surface area contributed by atoms with Crippen LogP contribution in [0.5, 0.6) is 0 Å². The molecule has 0 radical (unpaired) electrons. The maximum Gasteiger partial charge on any atom is 0.182 e. The summed E-state index contributed by atoms with van der Waals surface area (Å²) >= 11 is 5.82. The minimum absolute atomic E-state index is 0.0158. The molecular weight excluding hydrogens is 316 g/mol. The molecule has 0 bridgehead atoms. The fraction of sp³-hybridized carbons (Fsp3) is 0.111. The zero-order chi connectivity index (χ0) is 16.0. The maximum absolute atomic E-state index is 12.2. The van der Waals surface area contributed by atoms with Crippen LogP contribution in [0, 0.1) is 0 Å². The highest BCUT2D eigenvalue weighted by atomic mass is 35.5. The molecule has 0 aliphatic heterocycles. The molecule has 0 spiro atoms. The van der Waals surface area contributed by atoms with Gasteiger partial charge >= 0.3 is 0 Å². The fourth-order valence-electron chi connectivity index (χ4n) is 1.96. The monoisotopic (exact) mass is 332 g/mol. The lowest BCUT2D eigenvalue weighted by Crippen LogP contribution is -2.07. The predicted molar refractivity (Wildman–Crippen MR) is 92.7 cm³/mol. The number of allylic oxidation sites excluding steroid dienone is 2. The summed E-state index contributed by atoms with van der Waals surface area (Å²) in [4.78, 5) is 0.351. The first-order chi connectivity index (χ1) is 10.5. The number of sulfone groups is 1. The number of hydrogen-bond donors (Lipinski definition) is 0. The van der Waals surface area contributed by atoms with Crippen LogP contribution in [0.1, 0.15) is 12.5 Å². The molecule has 0 N–H and O–H groups in total. The van der Waals surface area contributed by atoms with Crippen molar-refractivity contribution in [2.24, 2.45) is 0 Å². The second-order valence-corrected chi connectivity index (χ2v) is 7.42. The first kappa shape index (κ1) is 16.5. The Bertz CT molecular complexity index is 774. The molecule has 0 aliphatic rings. The number of benzene rings is 2. The van der Waals surface area contributed by atoms with Crippen LogP contribution in [-0.4, -0.2) is 14.2 Å². The Hall–Kier alpha value is -1.84. The molecular formula is C18H17ClO2S. The normalized spacial score (nSPS) is 12.7. The molecule has 0 fully saturated rings. The van der Waals surface area contributed by atoms with Gasteiger partial charge in [-0.3, -0.25) is 0 Å². The third-order valence-electron chi connectivity index (χ3n) is 3.06. The minimum atomic E-state index is -3.28. The first-order valence-corrected chi connectivity index (χ1v) is 8.87. The lowest BCUT2D eigenvalue weighted by molar-refractivity contribution is 0.598. The average Bonchev–Trinajstić information content (AvgIpc) is 2.50. The van der Waals surface area contributed by atoms with E-state index in [4.69, 9.17) is 11.6 Å². The fourth-order valence-corrected chi connectivity index (χ4v) is 3.52. The van der Waals surface area contributed by atoms with Crippen LogP contribution in [0.25, 0.3) is 6.08 Å². The van der Waals surface area contributed by atoms with Gasteiger partial charge in [-0.15, -0.1) is 0 Å². The van der Waals surface area contributed by atoms with Crippen molar-refractivity contribution in [2.75, 3.05) is 5.75 Å². The van der Waals surface area contributed by atoms with Crippen molar-refractivity contribution in [3.8, 4) is 0 Å². The number of rotatable bonds is 5. The van der Waals surface area contributed by atoms with Gasteiger partial charge in [0.05, 0.1) is 10.6 Å². The second kappa shape index (κ2) is 7.43. The van der Waals surface area contributed by atoms with Crippen molar-refractivity contribution in [1.29, 1.82) is 0 Å². The Morgan fingerprint density at radius 1 is 1.05 bits per heavy atom. The Morgan fingerprint density at radius 2 is 1.68 bits per heavy atom. The molecule has 114 valence electrons. The molecule has 0 atom stereocenters. The van der Waals surface area contributed by atoms with Gasteiger partial charge in [-0.1, -0.05) is 65.7 Å². The molecule has 4 heteroatoms. The summed E-state index contributed by atoms with van der Waals surface area (Å²) in [6.45, 7) is 1.81. The Kier molecular flexibility index (Phi) is 5.58. The Morgan fingerprint density at radius 3 is 2.32 bits per heavy atom. The van der Waals surface area contributed by atoms with E-state index in [0.29, 0.717) is 9.92 Å². The summed E-state index contributed by atoms with van der Waals surface area (Å²) in [5.74, 6) is 0.0158. The zero-order valence-corrected chi connectivity index (χ0v) is 13.8. The molecule has 0 amide bonds. The van der Waals surface area contributed by atoms with E-state index in [1.807, 2.05) is 49.4 Å². The summed E-state index contributed by atoms with van der Waals surface area (Å²) in [6, 6.07) is 15.9. The summed E-state index contributed by atoms with van der Waals surface area (Å²) in [5.41, 5.74) is 1.80. The number of halogens is 1. The highest BCUT2D eigenvalue weighted by Crippen LogP contribution is 2.14. The van der Waals surface area contributed by atoms with Crippen LogP contribution in [-0.2, 0) is 9.84 Å². The average molecular weight is 333 g/mol. The van der Waals surface area contributed by atoms with E-state index in [0.717, 1.165) is 11.1 Å². The van der Waals surface area contributed by atoms with E-state index >= 15 is 0 Å². The second-order valence-electron chi connectivity index (χ2n) is 5.00. The largest absolute Gasteiger partial charge is 0.223 e. The molecule has 2 aromatic rings. The van der Waals surface area contributed by atoms with Crippen molar-refractivity contribution in [2.45, 2.75) is 11.8 Å². The van der Waals surface area contributed by atoms with Crippen molar-refractivity contribution in [3.05, 3.63) is 82.9 Å². The molecule has 0 aliphatic carbocycles. The lowest BCUT2D eigenvalue weighted by Gasteiger charge is -2.03. The van der Waals surface area contributed by atoms with Gasteiger partial charge < -0.3 is 0 Å². The van der Waals surface area contributed by atoms with Gasteiger partial charge in [-0.05, 0) is 36.8 Å². The van der Waals surface area contributed by atoms with Crippen LogP contribution in [0.3, 0.4) is 0 Å². The van der Waals surface area contributed by atoms with Crippen LogP contribution in [0.15, 0.2) is 77.2 Å². The Balaban J connectivity index is 2.05. The van der Waals surface area contributed by atoms with E-state index in [-0.39, 0.29) is 5.75 Å². The molecule has 0 unspecified atom stereocenters. The molecule has 2 nitrogen and oxygen atoms in total. The topological polar surface area (TPSA) is 34.1 Å². The van der Waals surface area contributed by atoms with Crippen molar-refractivity contribution < 1.29 is 8.42 Å². The van der Waals surface area contributed by atoms with Gasteiger partial charge in [-0.2, -0.15) is 0 Å². The summed E-state index contributed by atoms with van der Waals surface area (Å²) in [5, 5.41) is 0.692. The lowest BCUT2D eigenvalue weighted by atomic mass is 10.2. The summed E-state index contributed by atoms with van der Waals surface area (Å²) < 4.78 is 24.5. The SMILES string of the molecule is C/C(=C\C=C\c1ccc(Cl)cc1)CS(=O)(=O)c1ccccc1. The van der Waals surface area contributed by atoms with Gasteiger partial charge in [-0.25, -0.2) is 8.42 Å². The van der Waals surface area contributed by atoms with Gasteiger partial charge in [0.15, 0.2) is 9.84 Å². The smallest absolute Gasteiger partial charge is 0.182 e. The summed E-state index contributed by atoms with van der Waals surface area (Å²) in [7, 11) is -3.28. The molecule has 0 saturated heterocycles. The van der Waals surface area contributed by atoms with E-state index < -0.39 is 9.84 Å². The van der Waals surface area contributed by atoms with E-state index in [1.165, 1.54) is 0 Å². The van der Waals surface area contributed by atoms with E-state index in [2.05, 4.69) is 0 Å². The third kappa shape index (κ3) is 4.86. The van der Waals surface area contributed by atoms with Gasteiger partial charge in [0.25, 0.3) is 0 Å². The predicted octanol–water partition coefficient (Wildman–Crippen LogP) is 4.77. The summed E-state index contributed by atoms with van der Waals surface area (Å²) in [6.07, 6.45) is 5.57. The van der Waals surface area contributed by atoms with Crippen LogP contribution in [0.2, 0.25) is 5.02 Å². The van der Waals surface area contributed by atoms with Crippen LogP contribution in [0.4, 0.5) is 0 Å². The molecule has 2 aromatic carbocycles. The molecule has 0 aromatic heterocycles. The van der Waals surface area contributed by atoms with Gasteiger partial charge in [0.1, 0.15) is 0 Å². The highest BCUT2D eigenvalue weighted by molar-refractivity contribution is 7.91. The molecule has 0 saturated carbocycles. The zero-order valence-electron chi connectivity index (χ0n) is 12.2. The molecule has 0 heterocycles. The van der Waals surface area contributed by atoms with Crippen molar-refractivity contribution in [3.63, 3.8) is 0 Å². The third-order valence-corrected chi connectivity index (χ3v) is 5.14. The van der Waals surface area contributed by atoms with Crippen LogP contribution >= 0.6 is 11.6 Å². The van der Waals surface area contributed by atoms with E-state index in [9.17, 15) is 8.42 Å². The van der Waals surface area contributed by atoms with Crippen LogP contribution < -0.4 is 0 Å². The highest BCUT2D eigenvalue weighted by Gasteiger charge is 2.13. The minimum Gasteiger partial charge on any atom is -0.223 e. The molecule has 22 heavy (non-hydrogen) atoms. The van der Waals surface area contributed by atoms with E-state index in [1.54, 1.807) is 30.3 Å². The standard InChI is InChI=1S/C18H17ClO2S/c1-15(6-5-7-16-10-12-17(19)13-11-16)14-22(20,21)18-8-3-2-4-9-18/h2-13H,14H2,1H3/b7-5+,15-6+. The van der Waals surface area contributed by atoms with Crippen molar-refractivity contribution in [1.82, 2.24) is 0 Å². The first-order valence-electron chi connectivity index (χ1n) is 6.84. The Labute approximate surface area is 136 Å². The maximum atomic E-state index is 12.2. The quantitative estimate of drug-likeness (QED) is 0.739.